The van der Waals surface area contributed by atoms with E-state index >= 15 is 0 Å². The number of benzene rings is 2. The predicted octanol–water partition coefficient (Wildman–Crippen LogP) is 5.32. The predicted molar refractivity (Wildman–Crippen MR) is 118 cm³/mol. The molecular formula is C25H31F3N2O2. The Morgan fingerprint density at radius 2 is 1.88 bits per heavy atom. The number of rotatable bonds is 6. The molecule has 0 spiro atoms. The van der Waals surface area contributed by atoms with E-state index in [1.54, 1.807) is 0 Å². The molecule has 1 saturated heterocycles. The summed E-state index contributed by atoms with van der Waals surface area (Å²) in [5, 5.41) is 16.4. The van der Waals surface area contributed by atoms with Gasteiger partial charge in [0.15, 0.2) is 0 Å². The van der Waals surface area contributed by atoms with Gasteiger partial charge in [0.25, 0.3) is 0 Å². The topological polar surface area (TPSA) is 53.5 Å². The number of alkyl halides is 3. The number of aliphatic hydroxyl groups excluding tert-OH is 1. The van der Waals surface area contributed by atoms with Crippen LogP contribution in [-0.4, -0.2) is 30.4 Å². The Labute approximate surface area is 187 Å². The average molecular weight is 449 g/mol. The fourth-order valence-corrected chi connectivity index (χ4v) is 4.87. The highest BCUT2D eigenvalue weighted by Gasteiger charge is 2.43. The van der Waals surface area contributed by atoms with Crippen LogP contribution in [0, 0.1) is 11.8 Å². The second-order valence-electron chi connectivity index (χ2n) is 9.19. The monoisotopic (exact) mass is 448 g/mol. The van der Waals surface area contributed by atoms with Gasteiger partial charge in [-0.1, -0.05) is 44.2 Å². The maximum Gasteiger partial charge on any atom is 0.416 e. The summed E-state index contributed by atoms with van der Waals surface area (Å²) in [7, 11) is 0. The van der Waals surface area contributed by atoms with Crippen molar-refractivity contribution in [3.8, 4) is 0 Å². The second kappa shape index (κ2) is 9.41. The van der Waals surface area contributed by atoms with Crippen molar-refractivity contribution < 1.29 is 23.0 Å². The van der Waals surface area contributed by atoms with E-state index in [0.29, 0.717) is 17.8 Å². The number of anilines is 1. The van der Waals surface area contributed by atoms with Crippen molar-refractivity contribution in [2.24, 2.45) is 11.8 Å². The van der Waals surface area contributed by atoms with E-state index in [9.17, 15) is 18.3 Å². The third-order valence-electron chi connectivity index (χ3n) is 6.74. The molecular weight excluding hydrogens is 417 g/mol. The molecule has 1 fully saturated rings. The number of fused-ring (bicyclic) bond motifs is 3. The van der Waals surface area contributed by atoms with Gasteiger partial charge in [-0.25, -0.2) is 0 Å². The van der Waals surface area contributed by atoms with Gasteiger partial charge < -0.3 is 20.5 Å². The van der Waals surface area contributed by atoms with E-state index in [1.165, 1.54) is 12.1 Å². The van der Waals surface area contributed by atoms with E-state index in [4.69, 9.17) is 4.74 Å². The third kappa shape index (κ3) is 4.80. The van der Waals surface area contributed by atoms with Gasteiger partial charge in [0.1, 0.15) is 0 Å². The van der Waals surface area contributed by atoms with Gasteiger partial charge in [0, 0.05) is 29.8 Å². The zero-order valence-corrected chi connectivity index (χ0v) is 18.4. The number of hydrogen-bond acceptors (Lipinski definition) is 4. The van der Waals surface area contributed by atoms with Crippen molar-refractivity contribution in [1.82, 2.24) is 5.32 Å². The molecule has 174 valence electrons. The molecule has 0 bridgehead atoms. The van der Waals surface area contributed by atoms with Crippen LogP contribution in [0.1, 0.15) is 55.5 Å². The first-order valence-electron chi connectivity index (χ1n) is 11.3. The summed E-state index contributed by atoms with van der Waals surface area (Å²) in [4.78, 5) is 0. The van der Waals surface area contributed by atoms with Crippen LogP contribution in [0.5, 0.6) is 0 Å². The van der Waals surface area contributed by atoms with Gasteiger partial charge in [0.2, 0.25) is 0 Å². The molecule has 0 radical (unpaired) electrons. The molecule has 4 rings (SSSR count). The van der Waals surface area contributed by atoms with Gasteiger partial charge in [-0.05, 0) is 42.5 Å². The lowest BCUT2D eigenvalue weighted by Gasteiger charge is -2.46. The first kappa shape index (κ1) is 23.1. The van der Waals surface area contributed by atoms with Gasteiger partial charge >= 0.3 is 6.18 Å². The van der Waals surface area contributed by atoms with Crippen LogP contribution in [0.3, 0.4) is 0 Å². The summed E-state index contributed by atoms with van der Waals surface area (Å²) in [6.45, 7) is 4.67. The molecule has 2 aromatic carbocycles. The van der Waals surface area contributed by atoms with Gasteiger partial charge in [-0.15, -0.1) is 0 Å². The van der Waals surface area contributed by atoms with Crippen molar-refractivity contribution in [1.29, 1.82) is 0 Å². The Balaban J connectivity index is 1.62. The molecule has 0 unspecified atom stereocenters. The van der Waals surface area contributed by atoms with Crippen molar-refractivity contribution in [2.75, 3.05) is 18.5 Å². The Kier molecular flexibility index (Phi) is 6.79. The van der Waals surface area contributed by atoms with Crippen LogP contribution in [0.15, 0.2) is 48.5 Å². The van der Waals surface area contributed by atoms with Crippen LogP contribution >= 0.6 is 0 Å². The quantitative estimate of drug-likeness (QED) is 0.560. The molecule has 3 N–H and O–H groups in total. The lowest BCUT2D eigenvalue weighted by molar-refractivity contribution is -0.138. The fraction of sp³-hybridized carbons (Fsp3) is 0.520. The molecule has 7 heteroatoms. The Morgan fingerprint density at radius 3 is 2.53 bits per heavy atom. The smallest absolute Gasteiger partial charge is 0.395 e. The van der Waals surface area contributed by atoms with Crippen molar-refractivity contribution in [3.05, 3.63) is 65.2 Å². The minimum Gasteiger partial charge on any atom is -0.395 e. The molecule has 4 nitrogen and oxygen atoms in total. The molecule has 0 aliphatic carbocycles. The summed E-state index contributed by atoms with van der Waals surface area (Å²) in [5.74, 6) is 0.302. The molecule has 2 aliphatic heterocycles. The average Bonchev–Trinajstić information content (AvgIpc) is 2.78. The highest BCUT2D eigenvalue weighted by Crippen LogP contribution is 2.51. The summed E-state index contributed by atoms with van der Waals surface area (Å²) < 4.78 is 46.7. The fourth-order valence-electron chi connectivity index (χ4n) is 4.87. The zero-order valence-electron chi connectivity index (χ0n) is 18.4. The van der Waals surface area contributed by atoms with Crippen LogP contribution in [0.4, 0.5) is 18.9 Å². The van der Waals surface area contributed by atoms with E-state index in [2.05, 4.69) is 10.6 Å². The summed E-state index contributed by atoms with van der Waals surface area (Å²) in [6, 6.07) is 13.8. The maximum absolute atomic E-state index is 13.4. The summed E-state index contributed by atoms with van der Waals surface area (Å²) in [5.41, 5.74) is 1.72. The van der Waals surface area contributed by atoms with Gasteiger partial charge in [-0.3, -0.25) is 0 Å². The minimum absolute atomic E-state index is 0.0276. The molecule has 0 amide bonds. The standard InChI is InChI=1S/C25H31F3N2O2/c1-15(2)22(14-31)29-13-18-9-10-19-23(16-6-4-3-5-7-16)30-21-11-8-17(25(26,27)28)12-20(21)24(19)32-18/h3-8,11-12,15,18-19,22-24,29-31H,9-10,13-14H2,1-2H3/t18-,19+,22-,23+,24+/m1/s1. The Hall–Kier alpha value is -2.09. The maximum atomic E-state index is 13.4. The molecule has 32 heavy (non-hydrogen) atoms. The van der Waals surface area contributed by atoms with Crippen LogP contribution < -0.4 is 10.6 Å². The molecule has 0 aromatic heterocycles. The lowest BCUT2D eigenvalue weighted by atomic mass is 9.76. The number of ether oxygens (including phenoxy) is 1. The molecule has 2 heterocycles. The van der Waals surface area contributed by atoms with Gasteiger partial charge in [-0.2, -0.15) is 13.2 Å². The molecule has 0 saturated carbocycles. The summed E-state index contributed by atoms with van der Waals surface area (Å²) in [6.07, 6.45) is -3.30. The zero-order chi connectivity index (χ0) is 22.9. The first-order valence-corrected chi connectivity index (χ1v) is 11.3. The number of nitrogens with one attached hydrogen (secondary N) is 2. The lowest BCUT2D eigenvalue weighted by Crippen LogP contribution is -2.46. The van der Waals surface area contributed by atoms with E-state index < -0.39 is 17.8 Å². The van der Waals surface area contributed by atoms with Crippen molar-refractivity contribution in [2.45, 2.75) is 57.2 Å². The van der Waals surface area contributed by atoms with Crippen LogP contribution in [0.25, 0.3) is 0 Å². The van der Waals surface area contributed by atoms with E-state index in [-0.39, 0.29) is 36.6 Å². The SMILES string of the molecule is CC(C)[C@@H](CO)NC[C@H]1CC[C@@H]2[C@H](O1)c1cc(C(F)(F)F)ccc1N[C@H]2c1ccccc1. The number of aliphatic hydroxyl groups is 1. The summed E-state index contributed by atoms with van der Waals surface area (Å²) >= 11 is 0. The van der Waals surface area contributed by atoms with Gasteiger partial charge in [0.05, 0.1) is 30.4 Å². The van der Waals surface area contributed by atoms with E-state index in [0.717, 1.165) is 24.5 Å². The van der Waals surface area contributed by atoms with Crippen molar-refractivity contribution in [3.63, 3.8) is 0 Å². The van der Waals surface area contributed by atoms with E-state index in [1.807, 2.05) is 44.2 Å². The van der Waals surface area contributed by atoms with Crippen molar-refractivity contribution >= 4 is 5.69 Å². The highest BCUT2D eigenvalue weighted by atomic mass is 19.4. The molecule has 2 aromatic rings. The molecule has 5 atom stereocenters. The third-order valence-corrected chi connectivity index (χ3v) is 6.74. The minimum atomic E-state index is -4.40. The second-order valence-corrected chi connectivity index (χ2v) is 9.19. The number of halogens is 3. The largest absolute Gasteiger partial charge is 0.416 e. The number of hydrogen-bond donors (Lipinski definition) is 3. The first-order chi connectivity index (χ1) is 15.3. The van der Waals surface area contributed by atoms with Crippen LogP contribution in [0.2, 0.25) is 0 Å². The normalized spacial score (nSPS) is 26.2. The Morgan fingerprint density at radius 1 is 1.12 bits per heavy atom. The van der Waals surface area contributed by atoms with Crippen LogP contribution in [-0.2, 0) is 10.9 Å². The highest BCUT2D eigenvalue weighted by molar-refractivity contribution is 5.58. The Bertz CT molecular complexity index is 904. The molecule has 2 aliphatic rings.